The zero-order chi connectivity index (χ0) is 20.5. The average Bonchev–Trinajstić information content (AvgIpc) is 2.43. The van der Waals surface area contributed by atoms with Crippen LogP contribution in [-0.2, 0) is 17.1 Å². The van der Waals surface area contributed by atoms with Gasteiger partial charge in [0.2, 0.25) is 0 Å². The number of carbonyl (C=O) groups excluding carboxylic acids is 1. The van der Waals surface area contributed by atoms with Crippen LogP contribution in [0.15, 0.2) is 0 Å². The van der Waals surface area contributed by atoms with Crippen LogP contribution in [0.3, 0.4) is 0 Å². The van der Waals surface area contributed by atoms with Crippen molar-refractivity contribution in [2.24, 2.45) is 0 Å². The number of halogens is 6. The molecule has 1 rings (SSSR count). The average molecular weight is 403 g/mol. The van der Waals surface area contributed by atoms with E-state index in [1.54, 1.807) is 0 Å². The molecule has 0 unspecified atom stereocenters. The van der Waals surface area contributed by atoms with Crippen LogP contribution in [0, 0.1) is 0 Å². The van der Waals surface area contributed by atoms with Crippen LogP contribution in [0.2, 0.25) is 19.6 Å². The first-order valence-corrected chi connectivity index (χ1v) is 11.2. The fourth-order valence-electron chi connectivity index (χ4n) is 2.37. The molecule has 0 fully saturated rings. The van der Waals surface area contributed by atoms with Gasteiger partial charge in [-0.3, -0.25) is 0 Å². The van der Waals surface area contributed by atoms with Crippen molar-refractivity contribution in [3.05, 3.63) is 17.0 Å². The molecular weight excluding hydrogens is 384 g/mol. The molecule has 0 saturated carbocycles. The summed E-state index contributed by atoms with van der Waals surface area (Å²) in [5.74, 6) is -2.21. The Labute approximate surface area is 147 Å². The lowest BCUT2D eigenvalue weighted by Gasteiger charge is -2.28. The first-order chi connectivity index (χ1) is 11.7. The monoisotopic (exact) mass is 403 g/mol. The van der Waals surface area contributed by atoms with Gasteiger partial charge in [-0.1, -0.05) is 19.6 Å². The molecule has 0 aliphatic carbocycles. The number of carbonyl (C=O) groups is 1. The summed E-state index contributed by atoms with van der Waals surface area (Å²) in [4.78, 5) is 15.0. The second kappa shape index (κ2) is 7.45. The Hall–Kier alpha value is -1.78. The molecule has 0 N–H and O–H groups in total. The van der Waals surface area contributed by atoms with Crippen molar-refractivity contribution in [2.75, 3.05) is 13.2 Å². The fraction of sp³-hybridized carbons (Fsp3) is 0.600. The highest BCUT2D eigenvalue weighted by Crippen LogP contribution is 2.40. The molecule has 1 heterocycles. The summed E-state index contributed by atoms with van der Waals surface area (Å²) >= 11 is 0. The Morgan fingerprint density at radius 1 is 0.962 bits per heavy atom. The smallest absolute Gasteiger partial charge is 0.437 e. The van der Waals surface area contributed by atoms with E-state index in [1.165, 1.54) is 33.5 Å². The van der Waals surface area contributed by atoms with Crippen LogP contribution in [0.4, 0.5) is 26.3 Å². The summed E-state index contributed by atoms with van der Waals surface area (Å²) < 4.78 is 90.2. The van der Waals surface area contributed by atoms with Gasteiger partial charge in [0.1, 0.15) is 5.75 Å². The van der Waals surface area contributed by atoms with Gasteiger partial charge in [-0.25, -0.2) is 9.78 Å². The third-order valence-corrected chi connectivity index (χ3v) is 5.18. The summed E-state index contributed by atoms with van der Waals surface area (Å²) in [6, 6.07) is 0. The van der Waals surface area contributed by atoms with Crippen molar-refractivity contribution in [1.82, 2.24) is 4.98 Å². The van der Waals surface area contributed by atoms with Crippen molar-refractivity contribution < 1.29 is 40.6 Å². The van der Waals surface area contributed by atoms with E-state index in [0.29, 0.717) is 0 Å². The van der Waals surface area contributed by atoms with Crippen LogP contribution < -0.4 is 9.92 Å². The zero-order valence-corrected chi connectivity index (χ0v) is 15.9. The number of esters is 1. The van der Waals surface area contributed by atoms with Crippen molar-refractivity contribution in [3.8, 4) is 5.75 Å². The van der Waals surface area contributed by atoms with Crippen LogP contribution in [-0.4, -0.2) is 32.2 Å². The Kier molecular flexibility index (Phi) is 6.38. The van der Waals surface area contributed by atoms with Crippen LogP contribution in [0.1, 0.15) is 35.6 Å². The third-order valence-electron chi connectivity index (χ3n) is 3.21. The van der Waals surface area contributed by atoms with E-state index in [4.69, 9.17) is 4.74 Å². The molecule has 0 spiro atoms. The molecule has 1 aromatic rings. The maximum absolute atomic E-state index is 13.4. The summed E-state index contributed by atoms with van der Waals surface area (Å²) in [5, 5.41) is -0.410. The van der Waals surface area contributed by atoms with E-state index in [0.717, 1.165) is 0 Å². The topological polar surface area (TPSA) is 48.4 Å². The molecule has 4 nitrogen and oxygen atoms in total. The Bertz CT molecular complexity index is 680. The fourth-order valence-corrected chi connectivity index (χ4v) is 4.21. The second-order valence-electron chi connectivity index (χ2n) is 6.29. The molecule has 0 radical (unpaired) electrons. The van der Waals surface area contributed by atoms with Gasteiger partial charge in [-0.15, -0.1) is 0 Å². The zero-order valence-electron chi connectivity index (χ0n) is 14.9. The minimum atomic E-state index is -5.28. The summed E-state index contributed by atoms with van der Waals surface area (Å²) in [6.45, 7) is 6.80. The normalized spacial score (nSPS) is 12.9. The quantitative estimate of drug-likeness (QED) is 0.419. The Balaban J connectivity index is 4.14. The number of aromatic nitrogens is 1. The highest BCUT2D eigenvalue weighted by molar-refractivity contribution is 6.90. The first-order valence-electron chi connectivity index (χ1n) is 7.69. The molecule has 11 heteroatoms. The minimum absolute atomic E-state index is 0.240. The highest BCUT2D eigenvalue weighted by Gasteiger charge is 2.48. The lowest BCUT2D eigenvalue weighted by molar-refractivity contribution is -0.151. The predicted octanol–water partition coefficient (Wildman–Crippen LogP) is 4.24. The third kappa shape index (κ3) is 4.68. The van der Waals surface area contributed by atoms with Crippen LogP contribution in [0.25, 0.3) is 0 Å². The molecule has 0 bridgehead atoms. The number of hydrogen-bond donors (Lipinski definition) is 0. The summed E-state index contributed by atoms with van der Waals surface area (Å²) in [7, 11) is -2.94. The minimum Gasteiger partial charge on any atom is -0.492 e. The van der Waals surface area contributed by atoms with Crippen LogP contribution >= 0.6 is 0 Å². The van der Waals surface area contributed by atoms with Crippen LogP contribution in [0.5, 0.6) is 5.75 Å². The number of alkyl halides is 6. The van der Waals surface area contributed by atoms with Gasteiger partial charge in [-0.05, 0) is 19.0 Å². The molecule has 1 aromatic heterocycles. The second-order valence-corrected chi connectivity index (χ2v) is 11.3. The number of hydrogen-bond acceptors (Lipinski definition) is 4. The lowest BCUT2D eigenvalue weighted by atomic mass is 10.1. The number of pyridine rings is 1. The van der Waals surface area contributed by atoms with E-state index in [9.17, 15) is 31.1 Å². The van der Waals surface area contributed by atoms with Gasteiger partial charge >= 0.3 is 18.3 Å². The Morgan fingerprint density at radius 2 is 1.46 bits per heavy atom. The predicted molar refractivity (Wildman–Crippen MR) is 84.3 cm³/mol. The molecular formula is C15H19F6NO3Si. The van der Waals surface area contributed by atoms with Gasteiger partial charge in [0.05, 0.1) is 26.9 Å². The molecule has 0 saturated heterocycles. The van der Waals surface area contributed by atoms with E-state index >= 15 is 0 Å². The Morgan fingerprint density at radius 3 is 1.81 bits per heavy atom. The molecule has 0 atom stereocenters. The summed E-state index contributed by atoms with van der Waals surface area (Å²) in [6.07, 6.45) is -10.5. The van der Waals surface area contributed by atoms with E-state index < -0.39 is 54.3 Å². The maximum Gasteiger partial charge on any atom is 0.437 e. The van der Waals surface area contributed by atoms with E-state index in [-0.39, 0.29) is 13.2 Å². The molecule has 148 valence electrons. The molecule has 0 amide bonds. The van der Waals surface area contributed by atoms with E-state index in [1.807, 2.05) is 0 Å². The molecule has 0 aliphatic heterocycles. The van der Waals surface area contributed by atoms with Gasteiger partial charge in [-0.2, -0.15) is 26.3 Å². The SMILES string of the molecule is CCOC(=O)c1c(C(F)(F)F)nc(C(F)(F)F)c(OCC)c1[Si](C)(C)C. The van der Waals surface area contributed by atoms with Crippen molar-refractivity contribution in [1.29, 1.82) is 0 Å². The van der Waals surface area contributed by atoms with Gasteiger partial charge < -0.3 is 9.47 Å². The highest BCUT2D eigenvalue weighted by atomic mass is 28.3. The first kappa shape index (κ1) is 22.3. The van der Waals surface area contributed by atoms with Crippen molar-refractivity contribution in [3.63, 3.8) is 0 Å². The largest absolute Gasteiger partial charge is 0.492 e. The van der Waals surface area contributed by atoms with Crippen molar-refractivity contribution >= 4 is 19.2 Å². The van der Waals surface area contributed by atoms with Gasteiger partial charge in [0.15, 0.2) is 11.4 Å². The molecule has 26 heavy (non-hydrogen) atoms. The number of ether oxygens (including phenoxy) is 2. The van der Waals surface area contributed by atoms with E-state index in [2.05, 4.69) is 9.72 Å². The van der Waals surface area contributed by atoms with Gasteiger partial charge in [0, 0.05) is 0 Å². The van der Waals surface area contributed by atoms with Gasteiger partial charge in [0.25, 0.3) is 0 Å². The van der Waals surface area contributed by atoms with Crippen molar-refractivity contribution in [2.45, 2.75) is 45.8 Å². The summed E-state index contributed by atoms with van der Waals surface area (Å²) in [5.41, 5.74) is -4.71. The number of rotatable bonds is 5. The number of nitrogens with zero attached hydrogens (tertiary/aromatic N) is 1. The standard InChI is InChI=1S/C15H19F6NO3Si/c1-6-24-9-10(26(3,4)5)8(13(23)25-7-2)11(14(16,17)18)22-12(9)15(19,20)21/h6-7H2,1-5H3. The molecule has 0 aromatic carbocycles. The lowest BCUT2D eigenvalue weighted by Crippen LogP contribution is -2.46. The molecule has 0 aliphatic rings. The maximum atomic E-state index is 13.4.